The molecule has 0 aromatic heterocycles. The first-order valence-corrected chi connectivity index (χ1v) is 18.3. The van der Waals surface area contributed by atoms with Crippen molar-refractivity contribution in [3.8, 4) is 0 Å². The van der Waals surface area contributed by atoms with Gasteiger partial charge in [0.2, 0.25) is 11.8 Å². The van der Waals surface area contributed by atoms with Gasteiger partial charge in [-0.05, 0) is 145 Å². The molecule has 316 valence electrons. The Labute approximate surface area is 323 Å². The second-order valence-corrected chi connectivity index (χ2v) is 20.8. The Balaban J connectivity index is -0.000000303. The van der Waals surface area contributed by atoms with Crippen molar-refractivity contribution in [2.24, 2.45) is 5.41 Å². The van der Waals surface area contributed by atoms with E-state index in [1.165, 1.54) is 0 Å². The molecule has 0 aliphatic rings. The molecule has 0 fully saturated rings. The first kappa shape index (κ1) is 57.0. The van der Waals surface area contributed by atoms with Gasteiger partial charge in [-0.2, -0.15) is 0 Å². The number of carbonyl (C=O) groups is 5. The minimum absolute atomic E-state index is 0.0147. The zero-order valence-electron chi connectivity index (χ0n) is 38.3. The van der Waals surface area contributed by atoms with Crippen LogP contribution in [0.15, 0.2) is 0 Å². The average Bonchev–Trinajstić information content (AvgIpc) is 2.80. The second kappa shape index (κ2) is 22.6. The maximum absolute atomic E-state index is 11.4. The van der Waals surface area contributed by atoms with E-state index < -0.39 is 22.2 Å². The number of rotatable bonds is 6. The maximum atomic E-state index is 11.4. The topological polar surface area (TPSA) is 170 Å². The van der Waals surface area contributed by atoms with Gasteiger partial charge in [-0.25, -0.2) is 9.59 Å². The average molecular weight is 763 g/mol. The molecule has 0 atom stereocenters. The molecule has 0 saturated carbocycles. The van der Waals surface area contributed by atoms with Gasteiger partial charge in [0.1, 0.15) is 23.4 Å². The highest BCUT2D eigenvalue weighted by Crippen LogP contribution is 2.13. The third-order valence-electron chi connectivity index (χ3n) is 4.82. The summed E-state index contributed by atoms with van der Waals surface area (Å²) in [6, 6.07) is 0. The third kappa shape index (κ3) is 53.7. The van der Waals surface area contributed by atoms with Crippen molar-refractivity contribution in [2.75, 3.05) is 19.7 Å². The summed E-state index contributed by atoms with van der Waals surface area (Å²) in [5.41, 5.74) is -2.47. The molecule has 0 unspecified atom stereocenters. The fourth-order valence-corrected chi connectivity index (χ4v) is 2.67. The third-order valence-corrected chi connectivity index (χ3v) is 4.82. The number of nitrogens with one attached hydrogen (secondary N) is 4. The quantitative estimate of drug-likeness (QED) is 0.159. The summed E-state index contributed by atoms with van der Waals surface area (Å²) in [5, 5.41) is 11.2. The van der Waals surface area contributed by atoms with Crippen LogP contribution >= 0.6 is 0 Å². The number of carbonyl (C=O) groups excluding carboxylic acids is 5. The van der Waals surface area contributed by atoms with Crippen LogP contribution in [0.4, 0.5) is 4.79 Å². The Morgan fingerprint density at radius 2 is 0.792 bits per heavy atom. The second-order valence-electron chi connectivity index (χ2n) is 20.8. The molecule has 53 heavy (non-hydrogen) atoms. The van der Waals surface area contributed by atoms with E-state index in [0.29, 0.717) is 0 Å². The van der Waals surface area contributed by atoms with Gasteiger partial charge in [-0.15, -0.1) is 0 Å². The van der Waals surface area contributed by atoms with Crippen molar-refractivity contribution in [3.63, 3.8) is 0 Å². The first-order chi connectivity index (χ1) is 22.8. The standard InChI is InChI=1S/C11H22N2O2.C10H21NO2.C10H20O3.C9H19NO2/c1-10(2,3)9(15)13-8(14)7-12-11(4,5)6;1-9(2,3)11-7-8(12)13-10(4,5)6;1-9(2,3)12-7-8(11)13-10(4,5)6;1-8(2,3)10-7(11)12-9(4,5)6/h12H,7H2,1-6H3,(H,13,14,15);11H,7H2,1-6H3;7H2,1-6H3;1-6H3,(H,10,11). The van der Waals surface area contributed by atoms with Crippen molar-refractivity contribution < 1.29 is 42.9 Å². The lowest BCUT2D eigenvalue weighted by atomic mass is 9.96. The van der Waals surface area contributed by atoms with Crippen LogP contribution in [0, 0.1) is 5.41 Å². The summed E-state index contributed by atoms with van der Waals surface area (Å²) >= 11 is 0. The fourth-order valence-electron chi connectivity index (χ4n) is 2.67. The molecule has 0 aromatic rings. The smallest absolute Gasteiger partial charge is 0.408 e. The van der Waals surface area contributed by atoms with E-state index in [-0.39, 0.29) is 71.8 Å². The molecule has 0 aliphatic heterocycles. The molecule has 13 heteroatoms. The Kier molecular flexibility index (Phi) is 24.3. The zero-order valence-corrected chi connectivity index (χ0v) is 38.3. The van der Waals surface area contributed by atoms with Gasteiger partial charge in [0.25, 0.3) is 0 Å². The van der Waals surface area contributed by atoms with Crippen molar-refractivity contribution >= 4 is 29.8 Å². The monoisotopic (exact) mass is 763 g/mol. The largest absolute Gasteiger partial charge is 0.459 e. The van der Waals surface area contributed by atoms with Crippen LogP contribution in [0.1, 0.15) is 166 Å². The summed E-state index contributed by atoms with van der Waals surface area (Å²) in [4.78, 5) is 56.3. The molecular weight excluding hydrogens is 680 g/mol. The van der Waals surface area contributed by atoms with E-state index in [9.17, 15) is 24.0 Å². The van der Waals surface area contributed by atoms with Gasteiger partial charge in [-0.1, -0.05) is 20.8 Å². The molecule has 0 radical (unpaired) electrons. The van der Waals surface area contributed by atoms with E-state index in [0.717, 1.165) is 0 Å². The molecule has 3 amide bonds. The van der Waals surface area contributed by atoms with Crippen LogP contribution in [0.5, 0.6) is 0 Å². The lowest BCUT2D eigenvalue weighted by Crippen LogP contribution is -2.47. The van der Waals surface area contributed by atoms with Crippen molar-refractivity contribution in [1.82, 2.24) is 21.3 Å². The minimum atomic E-state index is -0.530. The van der Waals surface area contributed by atoms with Crippen molar-refractivity contribution in [1.29, 1.82) is 0 Å². The molecule has 0 aromatic carbocycles. The van der Waals surface area contributed by atoms with Crippen LogP contribution in [0.2, 0.25) is 0 Å². The number of alkyl carbamates (subject to hydrolysis) is 1. The lowest BCUT2D eigenvalue weighted by molar-refractivity contribution is -0.165. The van der Waals surface area contributed by atoms with Gasteiger partial charge in [-0.3, -0.25) is 19.7 Å². The highest BCUT2D eigenvalue weighted by molar-refractivity contribution is 5.98. The normalized spacial score (nSPS) is 12.6. The predicted molar refractivity (Wildman–Crippen MR) is 215 cm³/mol. The molecule has 0 spiro atoms. The molecular formula is C40H82N4O9. The molecule has 13 nitrogen and oxygen atoms in total. The number of imide groups is 1. The van der Waals surface area contributed by atoms with Gasteiger partial charge in [0.15, 0.2) is 0 Å². The van der Waals surface area contributed by atoms with Crippen molar-refractivity contribution in [3.05, 3.63) is 0 Å². The summed E-state index contributed by atoms with van der Waals surface area (Å²) in [6.07, 6.45) is -0.366. The molecule has 0 heterocycles. The van der Waals surface area contributed by atoms with Crippen LogP contribution in [-0.2, 0) is 38.1 Å². The number of ether oxygens (including phenoxy) is 4. The number of esters is 2. The summed E-state index contributed by atoms with van der Waals surface area (Å²) in [5.74, 6) is -1.06. The van der Waals surface area contributed by atoms with Gasteiger partial charge < -0.3 is 34.9 Å². The minimum Gasteiger partial charge on any atom is -0.459 e. The van der Waals surface area contributed by atoms with E-state index in [1.807, 2.05) is 145 Å². The Bertz CT molecular complexity index is 1050. The number of hydrogen-bond donors (Lipinski definition) is 4. The predicted octanol–water partition coefficient (Wildman–Crippen LogP) is 7.23. The number of amides is 3. The van der Waals surface area contributed by atoms with Crippen molar-refractivity contribution in [2.45, 2.75) is 205 Å². The van der Waals surface area contributed by atoms with Crippen LogP contribution in [0.3, 0.4) is 0 Å². The SMILES string of the molecule is CC(C)(C)NC(=O)OC(C)(C)C.CC(C)(C)NCC(=O)NC(=O)C(C)(C)C.CC(C)(C)NCC(=O)OC(C)(C)C.CC(C)(C)OCC(=O)OC(C)(C)C. The summed E-state index contributed by atoms with van der Waals surface area (Å²) < 4.78 is 20.5. The number of hydrogen-bond acceptors (Lipinski definition) is 11. The Morgan fingerprint density at radius 3 is 1.09 bits per heavy atom. The van der Waals surface area contributed by atoms with E-state index in [1.54, 1.807) is 20.8 Å². The summed E-state index contributed by atoms with van der Waals surface area (Å²) in [6.45, 7) is 45.7. The Morgan fingerprint density at radius 1 is 0.434 bits per heavy atom. The van der Waals surface area contributed by atoms with Crippen LogP contribution in [0.25, 0.3) is 0 Å². The van der Waals surface area contributed by atoms with E-state index in [2.05, 4.69) is 21.3 Å². The molecule has 0 saturated heterocycles. The summed E-state index contributed by atoms with van der Waals surface area (Å²) in [7, 11) is 0. The molecule has 0 bridgehead atoms. The molecule has 0 aliphatic carbocycles. The van der Waals surface area contributed by atoms with Gasteiger partial charge in [0.05, 0.1) is 18.7 Å². The zero-order chi connectivity index (χ0) is 43.7. The molecule has 4 N–H and O–H groups in total. The van der Waals surface area contributed by atoms with Crippen LogP contribution < -0.4 is 21.3 Å². The van der Waals surface area contributed by atoms with Gasteiger partial charge >= 0.3 is 18.0 Å². The first-order valence-electron chi connectivity index (χ1n) is 18.3. The van der Waals surface area contributed by atoms with E-state index >= 15 is 0 Å². The van der Waals surface area contributed by atoms with Gasteiger partial charge in [0, 0.05) is 22.0 Å². The lowest BCUT2D eigenvalue weighted by Gasteiger charge is -2.25. The highest BCUT2D eigenvalue weighted by Gasteiger charge is 2.24. The van der Waals surface area contributed by atoms with E-state index in [4.69, 9.17) is 18.9 Å². The fraction of sp³-hybridized carbons (Fsp3) is 0.875. The Hall–Kier alpha value is -2.77. The highest BCUT2D eigenvalue weighted by atomic mass is 16.6. The molecule has 0 rings (SSSR count). The maximum Gasteiger partial charge on any atom is 0.408 e. The van der Waals surface area contributed by atoms with Crippen LogP contribution in [-0.4, -0.2) is 88.6 Å².